The number of benzene rings is 1. The van der Waals surface area contributed by atoms with Crippen molar-refractivity contribution in [2.24, 2.45) is 5.92 Å². The Morgan fingerprint density at radius 3 is 2.95 bits per heavy atom. The quantitative estimate of drug-likeness (QED) is 0.835. The highest BCUT2D eigenvalue weighted by Gasteiger charge is 2.26. The van der Waals surface area contributed by atoms with E-state index in [1.54, 1.807) is 12.1 Å². The molecule has 0 saturated carbocycles. The summed E-state index contributed by atoms with van der Waals surface area (Å²) in [5, 5.41) is 18.1. The molecule has 1 aromatic rings. The smallest absolute Gasteiger partial charge is 0.308 e. The molecule has 1 heterocycles. The third-order valence-corrected chi connectivity index (χ3v) is 4.06. The molecule has 5 nitrogen and oxygen atoms in total. The lowest BCUT2D eigenvalue weighted by Crippen LogP contribution is -2.39. The first-order chi connectivity index (χ1) is 10.5. The van der Waals surface area contributed by atoms with E-state index < -0.39 is 11.9 Å². The van der Waals surface area contributed by atoms with Crippen molar-refractivity contribution >= 4 is 11.7 Å². The molecule has 1 atom stereocenters. The Kier molecular flexibility index (Phi) is 5.74. The number of likely N-dealkylation sites (N-methyl/N-ethyl adjacent to an activating group) is 1. The normalized spacial score (nSPS) is 18.7. The number of rotatable bonds is 6. The molecule has 1 aliphatic heterocycles. The van der Waals surface area contributed by atoms with Crippen LogP contribution in [0.15, 0.2) is 18.2 Å². The van der Waals surface area contributed by atoms with Crippen molar-refractivity contribution < 1.29 is 19.4 Å². The molecule has 1 aromatic carbocycles. The monoisotopic (exact) mass is 310 g/mol. The number of carboxylic acid groups (broad SMARTS) is 1. The van der Waals surface area contributed by atoms with Crippen LogP contribution in [0.4, 0.5) is 10.1 Å². The second-order valence-corrected chi connectivity index (χ2v) is 5.87. The highest BCUT2D eigenvalue weighted by molar-refractivity contribution is 5.71. The maximum absolute atomic E-state index is 14.1. The largest absolute Gasteiger partial charge is 0.481 e. The SMILES string of the molecule is CN(CCO)Cc1ccc(F)c(N2CCCC(C(=O)O)C2)c1. The van der Waals surface area contributed by atoms with E-state index in [2.05, 4.69) is 0 Å². The van der Waals surface area contributed by atoms with Crippen molar-refractivity contribution in [1.82, 2.24) is 4.90 Å². The summed E-state index contributed by atoms with van der Waals surface area (Å²) in [7, 11) is 1.89. The third-order valence-electron chi connectivity index (χ3n) is 4.06. The molecule has 1 fully saturated rings. The van der Waals surface area contributed by atoms with E-state index in [-0.39, 0.29) is 12.4 Å². The zero-order valence-corrected chi connectivity index (χ0v) is 12.8. The van der Waals surface area contributed by atoms with Gasteiger partial charge in [0.05, 0.1) is 18.2 Å². The van der Waals surface area contributed by atoms with Crippen molar-refractivity contribution in [2.45, 2.75) is 19.4 Å². The predicted molar refractivity (Wildman–Crippen MR) is 82.4 cm³/mol. The van der Waals surface area contributed by atoms with E-state index in [0.717, 1.165) is 12.0 Å². The van der Waals surface area contributed by atoms with Gasteiger partial charge in [-0.15, -0.1) is 0 Å². The summed E-state index contributed by atoms with van der Waals surface area (Å²) < 4.78 is 14.1. The van der Waals surface area contributed by atoms with E-state index >= 15 is 0 Å². The first kappa shape index (κ1) is 16.7. The molecule has 0 amide bonds. The second kappa shape index (κ2) is 7.56. The number of aliphatic hydroxyl groups excluding tert-OH is 1. The average Bonchev–Trinajstić information content (AvgIpc) is 2.49. The topological polar surface area (TPSA) is 64.0 Å². The fourth-order valence-corrected chi connectivity index (χ4v) is 2.86. The van der Waals surface area contributed by atoms with Gasteiger partial charge in [-0.3, -0.25) is 9.69 Å². The number of halogens is 1. The molecular weight excluding hydrogens is 287 g/mol. The minimum atomic E-state index is -0.816. The van der Waals surface area contributed by atoms with Crippen LogP contribution in [0, 0.1) is 11.7 Å². The molecule has 2 N–H and O–H groups in total. The third kappa shape index (κ3) is 4.18. The average molecular weight is 310 g/mol. The van der Waals surface area contributed by atoms with Crippen molar-refractivity contribution in [1.29, 1.82) is 0 Å². The molecule has 0 aromatic heterocycles. The van der Waals surface area contributed by atoms with Crippen molar-refractivity contribution in [3.63, 3.8) is 0 Å². The van der Waals surface area contributed by atoms with Gasteiger partial charge in [0.15, 0.2) is 0 Å². The Bertz CT molecular complexity index is 524. The number of anilines is 1. The van der Waals surface area contributed by atoms with Gasteiger partial charge in [0.25, 0.3) is 0 Å². The van der Waals surface area contributed by atoms with Gasteiger partial charge in [-0.2, -0.15) is 0 Å². The van der Waals surface area contributed by atoms with Gasteiger partial charge in [-0.1, -0.05) is 6.07 Å². The number of hydrogen-bond acceptors (Lipinski definition) is 4. The summed E-state index contributed by atoms with van der Waals surface area (Å²) in [4.78, 5) is 14.9. The molecule has 2 rings (SSSR count). The Morgan fingerprint density at radius 2 is 2.27 bits per heavy atom. The van der Waals surface area contributed by atoms with E-state index in [0.29, 0.717) is 38.3 Å². The summed E-state index contributed by atoms with van der Waals surface area (Å²) in [6.07, 6.45) is 1.40. The number of piperidine rings is 1. The highest BCUT2D eigenvalue weighted by atomic mass is 19.1. The molecule has 6 heteroatoms. The molecule has 0 bridgehead atoms. The number of aliphatic carboxylic acids is 1. The Labute approximate surface area is 130 Å². The summed E-state index contributed by atoms with van der Waals surface area (Å²) in [5.41, 5.74) is 1.42. The van der Waals surface area contributed by atoms with Gasteiger partial charge < -0.3 is 15.1 Å². The van der Waals surface area contributed by atoms with Crippen LogP contribution in [0.25, 0.3) is 0 Å². The van der Waals surface area contributed by atoms with Crippen LogP contribution in [0.1, 0.15) is 18.4 Å². The van der Waals surface area contributed by atoms with Gasteiger partial charge in [0, 0.05) is 26.2 Å². The van der Waals surface area contributed by atoms with Gasteiger partial charge in [0.2, 0.25) is 0 Å². The van der Waals surface area contributed by atoms with Gasteiger partial charge in [-0.05, 0) is 37.6 Å². The maximum Gasteiger partial charge on any atom is 0.308 e. The lowest BCUT2D eigenvalue weighted by Gasteiger charge is -2.33. The first-order valence-electron chi connectivity index (χ1n) is 7.57. The minimum absolute atomic E-state index is 0.0803. The summed E-state index contributed by atoms with van der Waals surface area (Å²) in [6, 6.07) is 4.95. The standard InChI is InChI=1S/C16H23FN2O3/c1-18(7-8-20)10-12-4-5-14(17)15(9-12)19-6-2-3-13(11-19)16(21)22/h4-5,9,13,20H,2-3,6-8,10-11H2,1H3,(H,21,22). The number of nitrogens with zero attached hydrogens (tertiary/aromatic N) is 2. The second-order valence-electron chi connectivity index (χ2n) is 5.87. The van der Waals surface area contributed by atoms with Crippen LogP contribution in [-0.2, 0) is 11.3 Å². The Balaban J connectivity index is 2.14. The summed E-state index contributed by atoms with van der Waals surface area (Å²) in [5.74, 6) is -1.57. The zero-order valence-electron chi connectivity index (χ0n) is 12.8. The number of carbonyl (C=O) groups is 1. The molecule has 1 saturated heterocycles. The molecule has 0 radical (unpaired) electrons. The van der Waals surface area contributed by atoms with Crippen LogP contribution < -0.4 is 4.90 Å². The van der Waals surface area contributed by atoms with Crippen LogP contribution in [0.2, 0.25) is 0 Å². The molecular formula is C16H23FN2O3. The molecule has 0 spiro atoms. The Hall–Kier alpha value is -1.66. The van der Waals surface area contributed by atoms with E-state index in [1.807, 2.05) is 16.8 Å². The first-order valence-corrected chi connectivity index (χ1v) is 7.57. The fraction of sp³-hybridized carbons (Fsp3) is 0.562. The van der Waals surface area contributed by atoms with Crippen LogP contribution in [-0.4, -0.2) is 54.4 Å². The molecule has 22 heavy (non-hydrogen) atoms. The highest BCUT2D eigenvalue weighted by Crippen LogP contribution is 2.27. The molecule has 1 aliphatic rings. The van der Waals surface area contributed by atoms with Crippen molar-refractivity contribution in [2.75, 3.05) is 38.2 Å². The molecule has 122 valence electrons. The number of aliphatic hydroxyl groups is 1. The fourth-order valence-electron chi connectivity index (χ4n) is 2.86. The lowest BCUT2D eigenvalue weighted by atomic mass is 9.97. The summed E-state index contributed by atoms with van der Waals surface area (Å²) >= 11 is 0. The van der Waals surface area contributed by atoms with Crippen LogP contribution >= 0.6 is 0 Å². The maximum atomic E-state index is 14.1. The van der Waals surface area contributed by atoms with Gasteiger partial charge in [0.1, 0.15) is 5.82 Å². The van der Waals surface area contributed by atoms with E-state index in [4.69, 9.17) is 10.2 Å². The van der Waals surface area contributed by atoms with Crippen LogP contribution in [0.3, 0.4) is 0 Å². The van der Waals surface area contributed by atoms with E-state index in [9.17, 15) is 9.18 Å². The minimum Gasteiger partial charge on any atom is -0.481 e. The predicted octanol–water partition coefficient (Wildman–Crippen LogP) is 1.55. The van der Waals surface area contributed by atoms with Crippen molar-refractivity contribution in [3.05, 3.63) is 29.6 Å². The van der Waals surface area contributed by atoms with Gasteiger partial charge >= 0.3 is 5.97 Å². The molecule has 1 unspecified atom stereocenters. The molecule has 0 aliphatic carbocycles. The van der Waals surface area contributed by atoms with E-state index in [1.165, 1.54) is 6.07 Å². The summed E-state index contributed by atoms with van der Waals surface area (Å²) in [6.45, 7) is 2.28. The zero-order chi connectivity index (χ0) is 16.1. The number of carboxylic acids is 1. The lowest BCUT2D eigenvalue weighted by molar-refractivity contribution is -0.141. The van der Waals surface area contributed by atoms with Crippen LogP contribution in [0.5, 0.6) is 0 Å². The van der Waals surface area contributed by atoms with Gasteiger partial charge in [-0.25, -0.2) is 4.39 Å². The number of hydrogen-bond donors (Lipinski definition) is 2. The van der Waals surface area contributed by atoms with Crippen molar-refractivity contribution in [3.8, 4) is 0 Å². The Morgan fingerprint density at radius 1 is 1.50 bits per heavy atom.